The van der Waals surface area contributed by atoms with Crippen LogP contribution >= 0.6 is 0 Å². The highest BCUT2D eigenvalue weighted by Crippen LogP contribution is 2.31. The molecule has 4 nitrogen and oxygen atoms in total. The van der Waals surface area contributed by atoms with Crippen LogP contribution in [0.2, 0.25) is 0 Å². The average Bonchev–Trinajstić information content (AvgIpc) is 3.39. The molecule has 0 aliphatic heterocycles. The molecule has 0 saturated heterocycles. The summed E-state index contributed by atoms with van der Waals surface area (Å²) in [5.74, 6) is -71.7. The number of nitrogens with zero attached hydrogens (tertiary/aromatic N) is 1. The third-order valence-corrected chi connectivity index (χ3v) is 12.1. The molecule has 73 heavy (non-hydrogen) atoms. The number of rotatable bonds is 9. The van der Waals surface area contributed by atoms with E-state index in [1.165, 1.54) is 6.42 Å². The van der Waals surface area contributed by atoms with Crippen LogP contribution in [0.4, 0.5) is 87.8 Å². The Kier molecular flexibility index (Phi) is 15.0. The van der Waals surface area contributed by atoms with E-state index in [0.29, 0.717) is 11.1 Å². The molecule has 0 radical (unpaired) electrons. The Morgan fingerprint density at radius 3 is 1.10 bits per heavy atom. The lowest BCUT2D eigenvalue weighted by atomic mass is 9.12. The Labute approximate surface area is 396 Å². The quantitative estimate of drug-likeness (QED) is 0.0275. The van der Waals surface area contributed by atoms with Gasteiger partial charge in [0.2, 0.25) is 17.8 Å². The number of carbonyl (C=O) groups excluding carboxylic acids is 2. The number of fused-ring (bicyclic) bond motifs is 1. The number of benzene rings is 6. The third kappa shape index (κ3) is 8.99. The van der Waals surface area contributed by atoms with Crippen molar-refractivity contribution in [2.24, 2.45) is 0 Å². The van der Waals surface area contributed by atoms with Crippen LogP contribution in [0, 0.1) is 116 Å². The minimum atomic E-state index is -7.22. The van der Waals surface area contributed by atoms with Gasteiger partial charge in [-0.05, 0) is 49.9 Å². The number of halogens is 20. The van der Waals surface area contributed by atoms with E-state index < -0.39 is 144 Å². The van der Waals surface area contributed by atoms with Crippen LogP contribution in [-0.2, 0) is 11.3 Å². The molecule has 0 unspecified atom stereocenters. The van der Waals surface area contributed by atoms with E-state index in [1.54, 1.807) is 24.3 Å². The summed E-state index contributed by atoms with van der Waals surface area (Å²) < 4.78 is 301. The smallest absolute Gasteiger partial charge is 0.338 e. The van der Waals surface area contributed by atoms with E-state index >= 15 is 35.1 Å². The molecular formula is C48H24BF20NO3. The lowest BCUT2D eigenvalue weighted by molar-refractivity contribution is -0.657. The van der Waals surface area contributed by atoms with Crippen molar-refractivity contribution in [3.05, 3.63) is 194 Å². The van der Waals surface area contributed by atoms with E-state index in [2.05, 4.69) is 0 Å². The van der Waals surface area contributed by atoms with Crippen molar-refractivity contribution in [3.8, 4) is 0 Å². The predicted molar refractivity (Wildman–Crippen MR) is 216 cm³/mol. The summed E-state index contributed by atoms with van der Waals surface area (Å²) in [6.07, 6.45) is 0.0927. The van der Waals surface area contributed by atoms with Crippen molar-refractivity contribution >= 4 is 50.7 Å². The summed E-state index contributed by atoms with van der Waals surface area (Å²) in [6, 6.07) is 18.8. The van der Waals surface area contributed by atoms with E-state index in [9.17, 15) is 62.3 Å². The number of aromatic nitrogens is 1. The molecule has 0 atom stereocenters. The van der Waals surface area contributed by atoms with Gasteiger partial charge in [0, 0.05) is 23.1 Å². The van der Waals surface area contributed by atoms with Crippen LogP contribution in [0.25, 0.3) is 10.9 Å². The largest absolute Gasteiger partial charge is 0.459 e. The van der Waals surface area contributed by atoms with Gasteiger partial charge < -0.3 is 4.74 Å². The standard InChI is InChI=1S/C24BF20.C24H24NO3/c26-5-1(6(27)14(35)21(42)13(5)34)25(2-7(28)15(36)22(43)16(37)8(2)29,3-9(30)17(38)23(44)18(39)10(3)31)4-11(32)19(40)24(45)20(41)12(4)33;26-23(17-25-16-6-8-18-7-4-5-11-22(18)25)19-12-14-20(15-13-19)24(27)28-21-9-2-1-3-10-21/h;4-8,11-16,21H,1-3,9-10,17H2/q-1;+1. The molecule has 6 aromatic carbocycles. The number of ether oxygens (including phenoxy) is 1. The average molecular weight is 1050 g/mol. The summed E-state index contributed by atoms with van der Waals surface area (Å²) in [7, 11) is 0. The first-order valence-electron chi connectivity index (χ1n) is 20.9. The highest BCUT2D eigenvalue weighted by atomic mass is 19.2. The molecule has 382 valence electrons. The molecule has 1 aromatic heterocycles. The zero-order valence-corrected chi connectivity index (χ0v) is 36.0. The molecule has 8 rings (SSSR count). The van der Waals surface area contributed by atoms with Crippen molar-refractivity contribution in [1.29, 1.82) is 0 Å². The van der Waals surface area contributed by atoms with Gasteiger partial charge in [0.05, 0.1) is 5.56 Å². The summed E-state index contributed by atoms with van der Waals surface area (Å²) in [6.45, 7) is 0.257. The number of para-hydroxylation sites is 1. The maximum atomic E-state index is 15.4. The number of esters is 1. The fraction of sp³-hybridized carbons (Fsp3) is 0.146. The van der Waals surface area contributed by atoms with E-state index in [4.69, 9.17) is 4.74 Å². The number of ketones is 1. The SMILES string of the molecule is Fc1c(F)c(F)c([B-](c2c(F)c(F)c(F)c(F)c2F)(c2c(F)c(F)c(F)c(F)c2F)c2c(F)c(F)c(F)c(F)c2F)c(F)c1F.O=C(C[n+]1cccc2ccccc21)c1ccc(C(=O)OC2CCCCC2)cc1. The fourth-order valence-corrected chi connectivity index (χ4v) is 8.67. The number of carbonyl (C=O) groups is 2. The van der Waals surface area contributed by atoms with Gasteiger partial charge in [0.1, 0.15) is 58.8 Å². The fourth-order valence-electron chi connectivity index (χ4n) is 8.67. The highest BCUT2D eigenvalue weighted by molar-refractivity contribution is 7.20. The van der Waals surface area contributed by atoms with Gasteiger partial charge in [-0.25, -0.2) is 92.6 Å². The molecule has 1 aliphatic carbocycles. The Balaban J connectivity index is 0.000000237. The molecular weight excluding hydrogens is 1030 g/mol. The number of Topliss-reactive ketones (excluding diaryl/α,β-unsaturated/α-hetero) is 1. The molecule has 0 N–H and O–H groups in total. The Hall–Kier alpha value is -7.47. The third-order valence-electron chi connectivity index (χ3n) is 12.1. The zero-order chi connectivity index (χ0) is 53.7. The molecule has 1 saturated carbocycles. The molecule has 0 amide bonds. The molecule has 7 aromatic rings. The summed E-state index contributed by atoms with van der Waals surface area (Å²) in [5.41, 5.74) is -12.2. The second-order valence-electron chi connectivity index (χ2n) is 16.2. The maximum Gasteiger partial charge on any atom is 0.338 e. The Morgan fingerprint density at radius 2 is 0.726 bits per heavy atom. The second kappa shape index (κ2) is 20.6. The van der Waals surface area contributed by atoms with Crippen molar-refractivity contribution in [1.82, 2.24) is 0 Å². The zero-order valence-electron chi connectivity index (χ0n) is 36.0. The van der Waals surface area contributed by atoms with E-state index in [-0.39, 0.29) is 24.4 Å². The number of pyridine rings is 1. The minimum Gasteiger partial charge on any atom is -0.459 e. The number of hydrogen-bond acceptors (Lipinski definition) is 3. The van der Waals surface area contributed by atoms with Crippen molar-refractivity contribution < 1.29 is 107 Å². The van der Waals surface area contributed by atoms with Crippen LogP contribution in [0.1, 0.15) is 52.8 Å². The van der Waals surface area contributed by atoms with Crippen molar-refractivity contribution in [2.45, 2.75) is 44.8 Å². The normalized spacial score (nSPS) is 13.0. The molecule has 1 fully saturated rings. The van der Waals surface area contributed by atoms with Gasteiger partial charge in [-0.2, -0.15) is 4.57 Å². The summed E-state index contributed by atoms with van der Waals surface area (Å²) in [4.78, 5) is 25.0. The summed E-state index contributed by atoms with van der Waals surface area (Å²) in [5, 5.41) is 1.10. The molecule has 1 heterocycles. The molecule has 0 spiro atoms. The van der Waals surface area contributed by atoms with E-state index in [1.807, 2.05) is 47.2 Å². The van der Waals surface area contributed by atoms with E-state index in [0.717, 1.165) is 36.6 Å². The van der Waals surface area contributed by atoms with Crippen molar-refractivity contribution in [2.75, 3.05) is 0 Å². The van der Waals surface area contributed by atoms with Crippen LogP contribution in [0.15, 0.2) is 66.9 Å². The van der Waals surface area contributed by atoms with Gasteiger partial charge in [0.25, 0.3) is 0 Å². The second-order valence-corrected chi connectivity index (χ2v) is 16.2. The van der Waals surface area contributed by atoms with Gasteiger partial charge in [0.15, 0.2) is 76.0 Å². The Morgan fingerprint density at radius 1 is 0.411 bits per heavy atom. The molecule has 25 heteroatoms. The topological polar surface area (TPSA) is 47.2 Å². The lowest BCUT2D eigenvalue weighted by Gasteiger charge is -2.44. The lowest BCUT2D eigenvalue weighted by Crippen LogP contribution is -2.81. The molecule has 1 aliphatic rings. The molecule has 0 bridgehead atoms. The van der Waals surface area contributed by atoms with Gasteiger partial charge in [-0.15, -0.1) is 21.9 Å². The van der Waals surface area contributed by atoms with Crippen LogP contribution in [0.5, 0.6) is 0 Å². The minimum absolute atomic E-state index is 0.00792. The van der Waals surface area contributed by atoms with Crippen LogP contribution < -0.4 is 26.4 Å². The first-order chi connectivity index (χ1) is 34.4. The first kappa shape index (κ1) is 53.3. The van der Waals surface area contributed by atoms with Gasteiger partial charge >= 0.3 is 5.97 Å². The number of hydrogen-bond donors (Lipinski definition) is 0. The Bertz CT molecular complexity index is 3000. The first-order valence-corrected chi connectivity index (χ1v) is 20.9. The van der Waals surface area contributed by atoms with Gasteiger partial charge in [-0.1, -0.05) is 30.7 Å². The van der Waals surface area contributed by atoms with Crippen LogP contribution in [-0.4, -0.2) is 24.0 Å². The predicted octanol–water partition coefficient (Wildman–Crippen LogP) is 10.3. The van der Waals surface area contributed by atoms with Gasteiger partial charge in [-0.3, -0.25) is 4.79 Å². The monoisotopic (exact) mass is 1050 g/mol. The van der Waals surface area contributed by atoms with Crippen LogP contribution in [0.3, 0.4) is 0 Å². The highest BCUT2D eigenvalue weighted by Gasteiger charge is 2.52. The maximum absolute atomic E-state index is 15.4. The van der Waals surface area contributed by atoms with Crippen molar-refractivity contribution in [3.63, 3.8) is 0 Å². The summed E-state index contributed by atoms with van der Waals surface area (Å²) >= 11 is 0.